The molecule has 6 nitrogen and oxygen atoms in total. The first-order valence-electron chi connectivity index (χ1n) is 5.36. The van der Waals surface area contributed by atoms with Crippen LogP contribution >= 0.6 is 0 Å². The second kappa shape index (κ2) is 6.80. The lowest BCUT2D eigenvalue weighted by atomic mass is 10.2. The summed E-state index contributed by atoms with van der Waals surface area (Å²) in [5, 5.41) is 5.90. The van der Waals surface area contributed by atoms with Crippen LogP contribution in [0.4, 0.5) is 0 Å². The van der Waals surface area contributed by atoms with Crippen molar-refractivity contribution in [1.29, 1.82) is 0 Å². The molecule has 6 heteroatoms. The predicted octanol–water partition coefficient (Wildman–Crippen LogP) is -0.902. The van der Waals surface area contributed by atoms with Gasteiger partial charge in [-0.3, -0.25) is 4.79 Å². The van der Waals surface area contributed by atoms with Crippen LogP contribution in [0.25, 0.3) is 0 Å². The number of morpholine rings is 1. The van der Waals surface area contributed by atoms with E-state index in [1.807, 2.05) is 6.92 Å². The SMILES string of the molecule is COC(OC)C(C)NC(=O)C1COCCN1. The van der Waals surface area contributed by atoms with Crippen molar-refractivity contribution in [3.8, 4) is 0 Å². The number of methoxy groups -OCH3 is 2. The summed E-state index contributed by atoms with van der Waals surface area (Å²) < 4.78 is 15.3. The Kier molecular flexibility index (Phi) is 5.68. The highest BCUT2D eigenvalue weighted by Gasteiger charge is 2.25. The first-order chi connectivity index (χ1) is 7.69. The van der Waals surface area contributed by atoms with Crippen LogP contribution in [0, 0.1) is 0 Å². The topological polar surface area (TPSA) is 68.8 Å². The fraction of sp³-hybridized carbons (Fsp3) is 0.900. The van der Waals surface area contributed by atoms with Gasteiger partial charge in [-0.2, -0.15) is 0 Å². The van der Waals surface area contributed by atoms with Crippen molar-refractivity contribution in [2.75, 3.05) is 34.0 Å². The standard InChI is InChI=1S/C10H20N2O4/c1-7(10(14-2)15-3)12-9(13)8-6-16-5-4-11-8/h7-8,10-11H,4-6H2,1-3H3,(H,12,13). The molecule has 0 aromatic carbocycles. The number of nitrogens with one attached hydrogen (secondary N) is 2. The molecule has 1 amide bonds. The van der Waals surface area contributed by atoms with E-state index < -0.39 is 6.29 Å². The van der Waals surface area contributed by atoms with Gasteiger partial charge in [-0.25, -0.2) is 0 Å². The van der Waals surface area contributed by atoms with E-state index in [1.165, 1.54) is 0 Å². The molecule has 94 valence electrons. The second-order valence-corrected chi connectivity index (χ2v) is 3.72. The van der Waals surface area contributed by atoms with Crippen LogP contribution < -0.4 is 10.6 Å². The summed E-state index contributed by atoms with van der Waals surface area (Å²) in [6, 6.07) is -0.489. The Labute approximate surface area is 95.6 Å². The van der Waals surface area contributed by atoms with Gasteiger partial charge in [-0.05, 0) is 6.92 Å². The maximum absolute atomic E-state index is 11.8. The van der Waals surface area contributed by atoms with Gasteiger partial charge in [0.15, 0.2) is 6.29 Å². The third-order valence-electron chi connectivity index (χ3n) is 2.48. The first kappa shape index (κ1) is 13.4. The molecule has 0 saturated carbocycles. The molecular formula is C10H20N2O4. The highest BCUT2D eigenvalue weighted by Crippen LogP contribution is 2.00. The highest BCUT2D eigenvalue weighted by atomic mass is 16.7. The Balaban J connectivity index is 2.37. The van der Waals surface area contributed by atoms with Crippen LogP contribution in [0.15, 0.2) is 0 Å². The molecule has 1 fully saturated rings. The van der Waals surface area contributed by atoms with Gasteiger partial charge in [-0.1, -0.05) is 0 Å². The largest absolute Gasteiger partial charge is 0.378 e. The molecule has 0 spiro atoms. The number of rotatable bonds is 5. The summed E-state index contributed by atoms with van der Waals surface area (Å²) in [5.41, 5.74) is 0. The summed E-state index contributed by atoms with van der Waals surface area (Å²) in [5.74, 6) is -0.0914. The van der Waals surface area contributed by atoms with Crippen LogP contribution in [0.3, 0.4) is 0 Å². The van der Waals surface area contributed by atoms with Crippen LogP contribution in [0.1, 0.15) is 6.92 Å². The molecule has 16 heavy (non-hydrogen) atoms. The molecule has 0 aromatic rings. The number of amides is 1. The van der Waals surface area contributed by atoms with Crippen molar-refractivity contribution in [2.45, 2.75) is 25.3 Å². The quantitative estimate of drug-likeness (QED) is 0.601. The number of carbonyl (C=O) groups is 1. The number of carbonyl (C=O) groups excluding carboxylic acids is 1. The summed E-state index contributed by atoms with van der Waals surface area (Å²) in [6.07, 6.45) is -0.437. The Morgan fingerprint density at radius 2 is 2.19 bits per heavy atom. The van der Waals surface area contributed by atoms with Crippen LogP contribution in [-0.4, -0.2) is 58.3 Å². The van der Waals surface area contributed by atoms with E-state index in [9.17, 15) is 4.79 Å². The maximum atomic E-state index is 11.8. The Morgan fingerprint density at radius 3 is 2.69 bits per heavy atom. The van der Waals surface area contributed by atoms with E-state index in [1.54, 1.807) is 14.2 Å². The second-order valence-electron chi connectivity index (χ2n) is 3.72. The van der Waals surface area contributed by atoms with E-state index in [2.05, 4.69) is 10.6 Å². The molecule has 1 aliphatic heterocycles. The molecule has 2 N–H and O–H groups in total. The fourth-order valence-electron chi connectivity index (χ4n) is 1.63. The minimum absolute atomic E-state index is 0.0914. The molecule has 0 radical (unpaired) electrons. The molecule has 1 saturated heterocycles. The monoisotopic (exact) mass is 232 g/mol. The van der Waals surface area contributed by atoms with Gasteiger partial charge >= 0.3 is 0 Å². The smallest absolute Gasteiger partial charge is 0.239 e. The van der Waals surface area contributed by atoms with Gasteiger partial charge < -0.3 is 24.8 Å². The highest BCUT2D eigenvalue weighted by molar-refractivity contribution is 5.82. The lowest BCUT2D eigenvalue weighted by molar-refractivity contribution is -0.139. The molecule has 0 aromatic heterocycles. The van der Waals surface area contributed by atoms with E-state index >= 15 is 0 Å². The van der Waals surface area contributed by atoms with Crippen LogP contribution in [0.2, 0.25) is 0 Å². The van der Waals surface area contributed by atoms with E-state index in [0.29, 0.717) is 19.8 Å². The van der Waals surface area contributed by atoms with E-state index in [-0.39, 0.29) is 18.0 Å². The average molecular weight is 232 g/mol. The zero-order valence-electron chi connectivity index (χ0n) is 9.99. The van der Waals surface area contributed by atoms with E-state index in [4.69, 9.17) is 14.2 Å². The molecule has 1 rings (SSSR count). The number of hydrogen-bond acceptors (Lipinski definition) is 5. The Hall–Kier alpha value is -0.690. The van der Waals surface area contributed by atoms with Crippen molar-refractivity contribution in [1.82, 2.24) is 10.6 Å². The Morgan fingerprint density at radius 1 is 1.50 bits per heavy atom. The van der Waals surface area contributed by atoms with Gasteiger partial charge in [0.1, 0.15) is 6.04 Å². The molecule has 0 aliphatic carbocycles. The lowest BCUT2D eigenvalue weighted by Gasteiger charge is -2.27. The molecule has 1 heterocycles. The predicted molar refractivity (Wildman–Crippen MR) is 58.0 cm³/mol. The molecule has 2 atom stereocenters. The maximum Gasteiger partial charge on any atom is 0.239 e. The van der Waals surface area contributed by atoms with Gasteiger partial charge in [0.05, 0.1) is 19.3 Å². The molecule has 1 aliphatic rings. The summed E-state index contributed by atoms with van der Waals surface area (Å²) in [7, 11) is 3.08. The van der Waals surface area contributed by atoms with Crippen molar-refractivity contribution in [3.63, 3.8) is 0 Å². The van der Waals surface area contributed by atoms with Crippen LogP contribution in [-0.2, 0) is 19.0 Å². The fourth-order valence-corrected chi connectivity index (χ4v) is 1.63. The average Bonchev–Trinajstić information content (AvgIpc) is 2.31. The van der Waals surface area contributed by atoms with Gasteiger partial charge in [0, 0.05) is 20.8 Å². The third-order valence-corrected chi connectivity index (χ3v) is 2.48. The van der Waals surface area contributed by atoms with Crippen LogP contribution in [0.5, 0.6) is 0 Å². The zero-order chi connectivity index (χ0) is 12.0. The summed E-state index contributed by atoms with van der Waals surface area (Å²) >= 11 is 0. The molecule has 2 unspecified atom stereocenters. The third kappa shape index (κ3) is 3.71. The lowest BCUT2D eigenvalue weighted by Crippen LogP contribution is -2.55. The van der Waals surface area contributed by atoms with Gasteiger partial charge in [0.2, 0.25) is 5.91 Å². The van der Waals surface area contributed by atoms with Gasteiger partial charge in [0.25, 0.3) is 0 Å². The van der Waals surface area contributed by atoms with Crippen molar-refractivity contribution in [3.05, 3.63) is 0 Å². The molecular weight excluding hydrogens is 212 g/mol. The Bertz CT molecular complexity index is 215. The zero-order valence-corrected chi connectivity index (χ0v) is 9.99. The molecule has 0 bridgehead atoms. The number of ether oxygens (including phenoxy) is 3. The first-order valence-corrected chi connectivity index (χ1v) is 5.36. The van der Waals surface area contributed by atoms with E-state index in [0.717, 1.165) is 0 Å². The van der Waals surface area contributed by atoms with Crippen molar-refractivity contribution < 1.29 is 19.0 Å². The minimum Gasteiger partial charge on any atom is -0.378 e. The normalized spacial score (nSPS) is 23.1. The van der Waals surface area contributed by atoms with Gasteiger partial charge in [-0.15, -0.1) is 0 Å². The number of hydrogen-bond donors (Lipinski definition) is 2. The van der Waals surface area contributed by atoms with Crippen molar-refractivity contribution in [2.24, 2.45) is 0 Å². The minimum atomic E-state index is -0.437. The summed E-state index contributed by atoms with van der Waals surface area (Å²) in [6.45, 7) is 3.59. The summed E-state index contributed by atoms with van der Waals surface area (Å²) in [4.78, 5) is 11.8. The van der Waals surface area contributed by atoms with Crippen molar-refractivity contribution >= 4 is 5.91 Å².